The molecule has 13 atom stereocenters. The first-order valence-corrected chi connectivity index (χ1v) is 37.9. The molecule has 12 rings (SSSR count). The zero-order valence-electron chi connectivity index (χ0n) is 52.9. The second kappa shape index (κ2) is 29.2. The molecule has 2 bridgehead atoms. The SMILES string of the molecule is CCOC[C@H]1CC[C@@H]2CSSC[C@@H]([C@]3(c4cc(O)cc([C@@]5(NC)CCC[C@@H](Cc6ccccc6)C5)c4)C(=O)[C@@H]4[C@H](CSS[C@@H](CO)c5cccc6ccc(CC)c(c56)Cc5c(ccc(O)c5OC)C[C@@H](Cc5cc[nH]c5)[C@@H]4O)C[C@H]3O)c3ccc(O)c(c3)O[C@H]2C1. The van der Waals surface area contributed by atoms with Crippen LogP contribution in [0, 0.1) is 35.5 Å². The number of aromatic nitrogens is 1. The van der Waals surface area contributed by atoms with E-state index >= 15 is 4.79 Å². The van der Waals surface area contributed by atoms with E-state index in [9.17, 15) is 30.6 Å². The van der Waals surface area contributed by atoms with Gasteiger partial charge in [0, 0.05) is 78.1 Å². The molecular weight excluding hydrogens is 1220 g/mol. The van der Waals surface area contributed by atoms with Gasteiger partial charge < -0.3 is 55.2 Å². The number of fused-ring (bicyclic) bond motifs is 5. The molecule has 12 nitrogen and oxygen atoms in total. The number of phenols is 3. The van der Waals surface area contributed by atoms with E-state index in [4.69, 9.17) is 14.2 Å². The van der Waals surface area contributed by atoms with Crippen LogP contribution in [0.1, 0.15) is 132 Å². The fourth-order valence-corrected chi connectivity index (χ4v) is 22.4. The van der Waals surface area contributed by atoms with Crippen LogP contribution >= 0.6 is 43.2 Å². The van der Waals surface area contributed by atoms with Crippen LogP contribution < -0.4 is 14.8 Å². The summed E-state index contributed by atoms with van der Waals surface area (Å²) in [5.41, 5.74) is 6.70. The topological polar surface area (TPSA) is 194 Å². The van der Waals surface area contributed by atoms with Crippen molar-refractivity contribution in [2.24, 2.45) is 35.5 Å². The molecule has 91 heavy (non-hydrogen) atoms. The maximum absolute atomic E-state index is 17.9. The number of aliphatic hydroxyl groups is 3. The number of aliphatic hydroxyl groups excluding tert-OH is 3. The number of phenolic OH excluding ortho intramolecular Hbond substituents is 3. The highest BCUT2D eigenvalue weighted by atomic mass is 33.1. The van der Waals surface area contributed by atoms with Crippen LogP contribution in [-0.2, 0) is 52.6 Å². The number of aromatic hydroxyl groups is 3. The molecule has 8 N–H and O–H groups in total. The molecular formula is C75H90N2O10S4. The van der Waals surface area contributed by atoms with Crippen LogP contribution in [0.2, 0.25) is 0 Å². The summed E-state index contributed by atoms with van der Waals surface area (Å²) in [5.74, 6) is -0.351. The summed E-state index contributed by atoms with van der Waals surface area (Å²) in [7, 11) is 10.1. The largest absolute Gasteiger partial charge is 0.508 e. The first kappa shape index (κ1) is 65.8. The van der Waals surface area contributed by atoms with Crippen LogP contribution in [0.5, 0.6) is 28.7 Å². The summed E-state index contributed by atoms with van der Waals surface area (Å²) in [5, 5.41) is 81.4. The zero-order chi connectivity index (χ0) is 63.4. The quantitative estimate of drug-likeness (QED) is 0.0479. The lowest BCUT2D eigenvalue weighted by molar-refractivity contribution is -0.150. The van der Waals surface area contributed by atoms with Crippen molar-refractivity contribution >= 4 is 59.7 Å². The van der Waals surface area contributed by atoms with E-state index in [0.717, 1.165) is 113 Å². The minimum Gasteiger partial charge on any atom is -0.508 e. The Kier molecular flexibility index (Phi) is 21.1. The Morgan fingerprint density at radius 2 is 1.59 bits per heavy atom. The molecule has 3 saturated carbocycles. The highest BCUT2D eigenvalue weighted by Gasteiger charge is 2.62. The van der Waals surface area contributed by atoms with E-state index < -0.39 is 52.1 Å². The second-order valence-corrected chi connectivity index (χ2v) is 31.7. The number of rotatable bonds is 14. The van der Waals surface area contributed by atoms with Crippen LogP contribution in [0.3, 0.4) is 0 Å². The summed E-state index contributed by atoms with van der Waals surface area (Å²) < 4.78 is 19.2. The molecule has 3 fully saturated rings. The number of Topliss-reactive ketones (excluding diaryl/α,β-unsaturated/α-hetero) is 1. The fraction of sp³-hybridized carbons (Fsp3) is 0.480. The minimum absolute atomic E-state index is 0.00266. The van der Waals surface area contributed by atoms with E-state index in [1.807, 2.05) is 68.8 Å². The number of aryl methyl sites for hydroxylation is 1. The van der Waals surface area contributed by atoms with Crippen molar-refractivity contribution in [2.75, 3.05) is 51.2 Å². The Balaban J connectivity index is 1.05. The van der Waals surface area contributed by atoms with Gasteiger partial charge in [0.15, 0.2) is 28.8 Å². The van der Waals surface area contributed by atoms with Crippen molar-refractivity contribution in [3.8, 4) is 28.7 Å². The average molecular weight is 1310 g/mol. The number of aromatic amines is 1. The lowest BCUT2D eigenvalue weighted by Gasteiger charge is -2.53. The monoisotopic (exact) mass is 1310 g/mol. The molecule has 1 aromatic heterocycles. The van der Waals surface area contributed by atoms with E-state index in [0.29, 0.717) is 78.4 Å². The van der Waals surface area contributed by atoms with Crippen LogP contribution in [0.25, 0.3) is 10.8 Å². The number of ketones is 1. The number of benzene rings is 6. The predicted octanol–water partition coefficient (Wildman–Crippen LogP) is 14.4. The summed E-state index contributed by atoms with van der Waals surface area (Å²) in [4.78, 5) is 21.1. The molecule has 0 amide bonds. The van der Waals surface area contributed by atoms with Gasteiger partial charge in [-0.15, -0.1) is 0 Å². The number of nitrogens with one attached hydrogen (secondary N) is 2. The molecule has 0 unspecified atom stereocenters. The lowest BCUT2D eigenvalue weighted by Crippen LogP contribution is -2.62. The second-order valence-electron chi connectivity index (χ2n) is 26.5. The van der Waals surface area contributed by atoms with Crippen molar-refractivity contribution in [3.05, 3.63) is 183 Å². The van der Waals surface area contributed by atoms with Gasteiger partial charge in [0.05, 0.1) is 36.6 Å². The molecule has 3 heterocycles. The summed E-state index contributed by atoms with van der Waals surface area (Å²) in [6.45, 7) is 5.27. The Morgan fingerprint density at radius 3 is 2.37 bits per heavy atom. The Labute approximate surface area is 552 Å². The number of carbonyl (C=O) groups excluding carboxylic acids is 1. The van der Waals surface area contributed by atoms with E-state index in [-0.39, 0.29) is 48.1 Å². The molecule has 5 aliphatic rings. The number of methoxy groups -OCH3 is 1. The minimum atomic E-state index is -1.79. The van der Waals surface area contributed by atoms with Gasteiger partial charge in [-0.1, -0.05) is 135 Å². The number of hydrogen-bond acceptors (Lipinski definition) is 15. The van der Waals surface area contributed by atoms with Crippen LogP contribution in [0.4, 0.5) is 0 Å². The number of carbonyl (C=O) groups is 1. The molecule has 484 valence electrons. The summed E-state index contributed by atoms with van der Waals surface area (Å²) >= 11 is 0. The molecule has 0 radical (unpaired) electrons. The van der Waals surface area contributed by atoms with Gasteiger partial charge in [0.2, 0.25) is 0 Å². The average Bonchev–Trinajstić information content (AvgIpc) is 0.864. The number of H-pyrrole nitrogens is 1. The van der Waals surface area contributed by atoms with Gasteiger partial charge in [-0.05, 0) is 206 Å². The van der Waals surface area contributed by atoms with Crippen molar-refractivity contribution < 1.29 is 49.6 Å². The van der Waals surface area contributed by atoms with E-state index in [1.54, 1.807) is 68.5 Å². The first-order valence-electron chi connectivity index (χ1n) is 33.0. The Morgan fingerprint density at radius 1 is 0.780 bits per heavy atom. The third-order valence-corrected chi connectivity index (χ3v) is 26.7. The predicted molar refractivity (Wildman–Crippen MR) is 371 cm³/mol. The van der Waals surface area contributed by atoms with Crippen LogP contribution in [-0.4, -0.2) is 111 Å². The van der Waals surface area contributed by atoms with Crippen LogP contribution in [0.15, 0.2) is 128 Å². The van der Waals surface area contributed by atoms with Gasteiger partial charge in [-0.25, -0.2) is 0 Å². The fourth-order valence-electron chi connectivity index (χ4n) is 16.7. The third-order valence-electron chi connectivity index (χ3n) is 21.4. The van der Waals surface area contributed by atoms with E-state index in [1.165, 1.54) is 5.56 Å². The highest BCUT2D eigenvalue weighted by molar-refractivity contribution is 8.77. The van der Waals surface area contributed by atoms with Gasteiger partial charge in [-0.3, -0.25) is 4.79 Å². The maximum Gasteiger partial charge on any atom is 0.164 e. The molecule has 7 aromatic rings. The number of hydrogen-bond donors (Lipinski definition) is 8. The molecule has 0 spiro atoms. The maximum atomic E-state index is 17.9. The Hall–Kier alpha value is -5.27. The lowest BCUT2D eigenvalue weighted by atomic mass is 9.52. The van der Waals surface area contributed by atoms with Gasteiger partial charge in [-0.2, -0.15) is 0 Å². The number of ether oxygens (including phenoxy) is 3. The van der Waals surface area contributed by atoms with Crippen molar-refractivity contribution in [2.45, 2.75) is 138 Å². The molecule has 3 aliphatic carbocycles. The Bertz CT molecular complexity index is 3630. The summed E-state index contributed by atoms with van der Waals surface area (Å²) in [6.07, 6.45) is 10.1. The molecule has 0 saturated heterocycles. The highest BCUT2D eigenvalue weighted by Crippen LogP contribution is 2.58. The van der Waals surface area contributed by atoms with Crippen molar-refractivity contribution in [3.63, 3.8) is 0 Å². The van der Waals surface area contributed by atoms with Gasteiger partial charge >= 0.3 is 0 Å². The smallest absolute Gasteiger partial charge is 0.164 e. The normalized spacial score (nSPS) is 29.1. The van der Waals surface area contributed by atoms with Gasteiger partial charge in [0.25, 0.3) is 0 Å². The van der Waals surface area contributed by atoms with Crippen molar-refractivity contribution in [1.82, 2.24) is 10.3 Å². The molecule has 6 aromatic carbocycles. The van der Waals surface area contributed by atoms with E-state index in [2.05, 4.69) is 71.8 Å². The third kappa shape index (κ3) is 13.4. The zero-order valence-corrected chi connectivity index (χ0v) is 56.1. The van der Waals surface area contributed by atoms with Gasteiger partial charge in [0.1, 0.15) is 11.9 Å². The standard InChI is InChI=1S/C75H90N2O10S4/c1-5-49-19-20-50-15-10-16-59-67(40-78)91-90-43-55-33-68(82)75(57-34-56(35-58(79)36-57)74(76-3)26-11-14-46(38-74)28-45-12-8-7-9-13-45,62-44-89-88-42-53-18-17-48(41-86-6-2)30-65(53)87-66-32-52(62)22-23-63(66)80)73(84)70(55)71(83)54(29-47-25-27-77-39-47)31-51-21-24-64(81)72(85-4)61(51)37-60(49)69(50)59/h7-10,12-13,15-16,19-25,27,32,34-36,39,46,48,53-55,62,65,67-68,70-71,76-83H,5-6,11,14,17-18,26,28-31,33,37-38,40-44H2,1-4H3/t46-,48-,53+,54+,55-,62+,65-,67-,68+,70+,71-,74+,75-/m0/s1. The first-order chi connectivity index (χ1) is 44.3. The molecule has 16 heteroatoms. The summed E-state index contributed by atoms with van der Waals surface area (Å²) in [6, 6.07) is 37.9. The molecule has 2 aliphatic heterocycles. The van der Waals surface area contributed by atoms with Crippen molar-refractivity contribution in [1.29, 1.82) is 0 Å².